The Morgan fingerprint density at radius 2 is 1.74 bits per heavy atom. The number of carboxylic acid groups (broad SMARTS) is 1. The van der Waals surface area contributed by atoms with E-state index in [1.54, 1.807) is 20.8 Å². The number of amides is 2. The molecule has 8 heteroatoms. The molecule has 2 aromatic rings. The summed E-state index contributed by atoms with van der Waals surface area (Å²) in [6, 6.07) is 13.3. The van der Waals surface area contributed by atoms with Gasteiger partial charge in [-0.15, -0.1) is 0 Å². The summed E-state index contributed by atoms with van der Waals surface area (Å²) in [6.45, 7) is 5.64. The largest absolute Gasteiger partial charge is 0.480 e. The molecule has 8 nitrogen and oxygen atoms in total. The van der Waals surface area contributed by atoms with E-state index in [0.717, 1.165) is 12.0 Å². The minimum absolute atomic E-state index is 0.184. The molecule has 1 aliphatic carbocycles. The van der Waals surface area contributed by atoms with Crippen molar-refractivity contribution >= 4 is 18.2 Å². The maximum atomic E-state index is 12.1. The number of nitrogens with one attached hydrogen (secondary N) is 2. The number of carbonyl (C=O) groups is 3. The lowest BCUT2D eigenvalue weighted by molar-refractivity contribution is -0.139. The molecule has 0 heterocycles. The standard InChI is InChI=1S/C26H32N2O6/c1-26(2,3)34-25(32)28-22(23(29)30)13-6-7-14-27-24(31)33-16-18-10-8-12-20-19-11-5-4-9-17(19)15-21(18)20/h4-5,8-12,22H,6-7,13-16H2,1-3H3,(H,27,31)(H,28,32)(H,29,30)/t22-/m0/s1. The van der Waals surface area contributed by atoms with E-state index in [-0.39, 0.29) is 13.0 Å². The molecule has 3 rings (SSSR count). The Balaban J connectivity index is 1.38. The van der Waals surface area contributed by atoms with Crippen LogP contribution in [-0.4, -0.2) is 41.4 Å². The number of hydrogen-bond acceptors (Lipinski definition) is 5. The minimum atomic E-state index is -1.13. The van der Waals surface area contributed by atoms with Crippen molar-refractivity contribution in [3.05, 3.63) is 59.2 Å². The van der Waals surface area contributed by atoms with E-state index in [9.17, 15) is 19.5 Å². The van der Waals surface area contributed by atoms with Crippen LogP contribution >= 0.6 is 0 Å². The second-order valence-electron chi connectivity index (χ2n) is 9.31. The molecule has 0 bridgehead atoms. The van der Waals surface area contributed by atoms with Crippen LogP contribution < -0.4 is 10.6 Å². The van der Waals surface area contributed by atoms with E-state index < -0.39 is 29.8 Å². The number of rotatable bonds is 9. The summed E-state index contributed by atoms with van der Waals surface area (Å²) >= 11 is 0. The molecule has 0 fully saturated rings. The quantitative estimate of drug-likeness (QED) is 0.395. The van der Waals surface area contributed by atoms with Crippen molar-refractivity contribution in [1.82, 2.24) is 10.6 Å². The first-order valence-electron chi connectivity index (χ1n) is 11.5. The molecule has 0 unspecified atom stereocenters. The maximum absolute atomic E-state index is 12.1. The van der Waals surface area contributed by atoms with Gasteiger partial charge in [0.1, 0.15) is 18.2 Å². The molecule has 2 aromatic carbocycles. The van der Waals surface area contributed by atoms with Gasteiger partial charge >= 0.3 is 18.2 Å². The molecule has 0 saturated carbocycles. The summed E-state index contributed by atoms with van der Waals surface area (Å²) < 4.78 is 10.5. The predicted octanol–water partition coefficient (Wildman–Crippen LogP) is 4.63. The highest BCUT2D eigenvalue weighted by Crippen LogP contribution is 2.38. The lowest BCUT2D eigenvalue weighted by atomic mass is 10.0. The SMILES string of the molecule is CC(C)(C)OC(=O)N[C@@H](CCCCNC(=O)OCc1cccc2c1Cc1ccccc1-2)C(=O)O. The minimum Gasteiger partial charge on any atom is -0.480 e. The van der Waals surface area contributed by atoms with Gasteiger partial charge < -0.3 is 25.2 Å². The third-order valence-corrected chi connectivity index (χ3v) is 5.48. The van der Waals surface area contributed by atoms with E-state index in [1.807, 2.05) is 24.3 Å². The van der Waals surface area contributed by atoms with E-state index in [1.165, 1.54) is 22.3 Å². The van der Waals surface area contributed by atoms with E-state index in [4.69, 9.17) is 9.47 Å². The van der Waals surface area contributed by atoms with Crippen molar-refractivity contribution < 1.29 is 29.0 Å². The van der Waals surface area contributed by atoms with Gasteiger partial charge in [0.05, 0.1) is 0 Å². The van der Waals surface area contributed by atoms with Crippen LogP contribution in [0.25, 0.3) is 11.1 Å². The Kier molecular flexibility index (Phi) is 8.15. The molecule has 0 aliphatic heterocycles. The van der Waals surface area contributed by atoms with Crippen LogP contribution in [0.5, 0.6) is 0 Å². The maximum Gasteiger partial charge on any atom is 0.408 e. The number of unbranched alkanes of at least 4 members (excludes halogenated alkanes) is 1. The van der Waals surface area contributed by atoms with Crippen LogP contribution in [0, 0.1) is 0 Å². The molecule has 2 amide bonds. The highest BCUT2D eigenvalue weighted by atomic mass is 16.6. The Bertz CT molecular complexity index is 1040. The number of ether oxygens (including phenoxy) is 2. The second-order valence-corrected chi connectivity index (χ2v) is 9.31. The molecule has 34 heavy (non-hydrogen) atoms. The van der Waals surface area contributed by atoms with Crippen LogP contribution in [0.15, 0.2) is 42.5 Å². The molecular formula is C26H32N2O6. The van der Waals surface area contributed by atoms with E-state index >= 15 is 0 Å². The van der Waals surface area contributed by atoms with Crippen LogP contribution in [0.4, 0.5) is 9.59 Å². The third-order valence-electron chi connectivity index (χ3n) is 5.48. The lowest BCUT2D eigenvalue weighted by Crippen LogP contribution is -2.43. The Morgan fingerprint density at radius 3 is 2.47 bits per heavy atom. The zero-order chi connectivity index (χ0) is 24.7. The van der Waals surface area contributed by atoms with E-state index in [2.05, 4.69) is 28.8 Å². The number of carbonyl (C=O) groups excluding carboxylic acids is 2. The number of alkyl carbamates (subject to hydrolysis) is 2. The summed E-state index contributed by atoms with van der Waals surface area (Å²) in [5.74, 6) is -1.13. The fourth-order valence-electron chi connectivity index (χ4n) is 3.92. The van der Waals surface area contributed by atoms with Crippen molar-refractivity contribution in [2.45, 2.75) is 64.7 Å². The fourth-order valence-corrected chi connectivity index (χ4v) is 3.92. The highest BCUT2D eigenvalue weighted by Gasteiger charge is 2.24. The van der Waals surface area contributed by atoms with Gasteiger partial charge in [-0.2, -0.15) is 0 Å². The first-order chi connectivity index (χ1) is 16.1. The molecule has 0 aromatic heterocycles. The summed E-state index contributed by atoms with van der Waals surface area (Å²) in [6.07, 6.45) is 0.811. The van der Waals surface area contributed by atoms with Gasteiger partial charge in [0, 0.05) is 6.54 Å². The number of fused-ring (bicyclic) bond motifs is 3. The van der Waals surface area contributed by atoms with Crippen molar-refractivity contribution in [2.24, 2.45) is 0 Å². The van der Waals surface area contributed by atoms with Crippen LogP contribution in [0.3, 0.4) is 0 Å². The molecule has 3 N–H and O–H groups in total. The smallest absolute Gasteiger partial charge is 0.408 e. The lowest BCUT2D eigenvalue weighted by Gasteiger charge is -2.22. The van der Waals surface area contributed by atoms with Crippen molar-refractivity contribution in [3.8, 4) is 11.1 Å². The van der Waals surface area contributed by atoms with Gasteiger partial charge in [-0.3, -0.25) is 0 Å². The van der Waals surface area contributed by atoms with Crippen LogP contribution in [0.2, 0.25) is 0 Å². The fraction of sp³-hybridized carbons (Fsp3) is 0.423. The normalized spacial score (nSPS) is 12.8. The number of carboxylic acids is 1. The Morgan fingerprint density at radius 1 is 1.00 bits per heavy atom. The molecule has 182 valence electrons. The van der Waals surface area contributed by atoms with E-state index in [0.29, 0.717) is 19.4 Å². The topological polar surface area (TPSA) is 114 Å². The summed E-state index contributed by atoms with van der Waals surface area (Å²) in [5, 5.41) is 14.4. The summed E-state index contributed by atoms with van der Waals surface area (Å²) in [4.78, 5) is 35.3. The molecule has 1 aliphatic rings. The molecule has 0 saturated heterocycles. The average molecular weight is 469 g/mol. The van der Waals surface area contributed by atoms with Crippen molar-refractivity contribution in [3.63, 3.8) is 0 Å². The monoisotopic (exact) mass is 468 g/mol. The van der Waals surface area contributed by atoms with Gasteiger partial charge in [0.15, 0.2) is 0 Å². The first kappa shape index (κ1) is 25.1. The number of benzene rings is 2. The van der Waals surface area contributed by atoms with Gasteiger partial charge in [0.25, 0.3) is 0 Å². The molecule has 0 radical (unpaired) electrons. The predicted molar refractivity (Wildman–Crippen MR) is 128 cm³/mol. The molecule has 0 spiro atoms. The van der Waals surface area contributed by atoms with Gasteiger partial charge in [-0.05, 0) is 74.3 Å². The molecule has 1 atom stereocenters. The summed E-state index contributed by atoms with van der Waals surface area (Å²) in [7, 11) is 0. The Labute approximate surface area is 199 Å². The summed E-state index contributed by atoms with van der Waals surface area (Å²) in [5.41, 5.74) is 5.15. The Hall–Kier alpha value is -3.55. The van der Waals surface area contributed by atoms with Gasteiger partial charge in [0.2, 0.25) is 0 Å². The highest BCUT2D eigenvalue weighted by molar-refractivity contribution is 5.80. The third kappa shape index (κ3) is 6.97. The van der Waals surface area contributed by atoms with Gasteiger partial charge in [-0.25, -0.2) is 14.4 Å². The number of hydrogen-bond donors (Lipinski definition) is 3. The zero-order valence-electron chi connectivity index (χ0n) is 19.8. The van der Waals surface area contributed by atoms with Crippen molar-refractivity contribution in [2.75, 3.05) is 6.54 Å². The van der Waals surface area contributed by atoms with Crippen LogP contribution in [0.1, 0.15) is 56.7 Å². The van der Waals surface area contributed by atoms with Crippen molar-refractivity contribution in [1.29, 1.82) is 0 Å². The second kappa shape index (κ2) is 11.0. The zero-order valence-corrected chi connectivity index (χ0v) is 19.8. The first-order valence-corrected chi connectivity index (χ1v) is 11.5. The molecular weight excluding hydrogens is 436 g/mol. The average Bonchev–Trinajstić information content (AvgIpc) is 3.14. The van der Waals surface area contributed by atoms with Crippen LogP contribution in [-0.2, 0) is 27.3 Å². The number of aliphatic carboxylic acids is 1. The van der Waals surface area contributed by atoms with Gasteiger partial charge in [-0.1, -0.05) is 42.5 Å².